The summed E-state index contributed by atoms with van der Waals surface area (Å²) in [7, 11) is 0. The summed E-state index contributed by atoms with van der Waals surface area (Å²) in [4.78, 5) is 14.2. The maximum Gasteiger partial charge on any atom is 0.288 e. The summed E-state index contributed by atoms with van der Waals surface area (Å²) in [5, 5.41) is 13.7. The number of ether oxygens (including phenoxy) is 1. The van der Waals surface area contributed by atoms with Crippen molar-refractivity contribution in [3.05, 3.63) is 26.9 Å². The Labute approximate surface area is 131 Å². The molecule has 1 saturated carbocycles. The van der Waals surface area contributed by atoms with Crippen molar-refractivity contribution in [2.75, 3.05) is 18.5 Å². The van der Waals surface area contributed by atoms with Crippen molar-refractivity contribution in [3.8, 4) is 0 Å². The molecule has 1 aliphatic carbocycles. The molecule has 1 aromatic rings. The lowest BCUT2D eigenvalue weighted by atomic mass is 9.94. The zero-order valence-electron chi connectivity index (χ0n) is 11.6. The molecule has 0 atom stereocenters. The second kappa shape index (κ2) is 7.67. The van der Waals surface area contributed by atoms with Gasteiger partial charge in [0, 0.05) is 18.7 Å². The number of hydrogen-bond acceptors (Lipinski definition) is 6. The molecule has 0 spiro atoms. The molecule has 2 rings (SSSR count). The van der Waals surface area contributed by atoms with Crippen LogP contribution in [0.5, 0.6) is 0 Å². The van der Waals surface area contributed by atoms with Crippen molar-refractivity contribution in [1.82, 2.24) is 4.98 Å². The monoisotopic (exact) mass is 358 g/mol. The number of nitrogens with two attached hydrogens (primary N) is 1. The number of rotatable bonds is 6. The molecule has 3 N–H and O–H groups in total. The first-order valence-electron chi connectivity index (χ1n) is 6.97. The van der Waals surface area contributed by atoms with Gasteiger partial charge in [0.05, 0.1) is 22.1 Å². The summed E-state index contributed by atoms with van der Waals surface area (Å²) in [6.45, 7) is 1.18. The maximum atomic E-state index is 10.6. The molecule has 0 aromatic carbocycles. The third-order valence-corrected chi connectivity index (χ3v) is 4.11. The van der Waals surface area contributed by atoms with E-state index in [0.717, 1.165) is 25.7 Å². The quantitative estimate of drug-likeness (QED) is 0.459. The van der Waals surface area contributed by atoms with Crippen LogP contribution in [0.4, 0.5) is 11.5 Å². The molecular weight excluding hydrogens is 340 g/mol. The van der Waals surface area contributed by atoms with Gasteiger partial charge in [0.1, 0.15) is 12.0 Å². The average Bonchev–Trinajstić information content (AvgIpc) is 2.46. The molecule has 0 aliphatic heterocycles. The number of nitro groups is 1. The zero-order chi connectivity index (χ0) is 15.2. The Morgan fingerprint density at radius 3 is 2.81 bits per heavy atom. The van der Waals surface area contributed by atoms with Crippen LogP contribution < -0.4 is 11.1 Å². The van der Waals surface area contributed by atoms with Crippen LogP contribution in [-0.2, 0) is 4.74 Å². The first-order chi connectivity index (χ1) is 10.1. The van der Waals surface area contributed by atoms with Crippen LogP contribution in [0.15, 0.2) is 16.7 Å². The van der Waals surface area contributed by atoms with Crippen LogP contribution in [0.1, 0.15) is 25.7 Å². The molecule has 8 heteroatoms. The molecule has 0 bridgehead atoms. The molecule has 21 heavy (non-hydrogen) atoms. The van der Waals surface area contributed by atoms with Gasteiger partial charge in [0.25, 0.3) is 5.69 Å². The van der Waals surface area contributed by atoms with Crippen LogP contribution in [0.25, 0.3) is 0 Å². The van der Waals surface area contributed by atoms with E-state index in [9.17, 15) is 10.1 Å². The van der Waals surface area contributed by atoms with Crippen molar-refractivity contribution in [2.24, 2.45) is 5.73 Å². The molecule has 1 aromatic heterocycles. The van der Waals surface area contributed by atoms with Crippen LogP contribution in [0.2, 0.25) is 0 Å². The fourth-order valence-corrected chi connectivity index (χ4v) is 2.79. The number of anilines is 1. The van der Waals surface area contributed by atoms with Crippen molar-refractivity contribution in [2.45, 2.75) is 37.8 Å². The summed E-state index contributed by atoms with van der Waals surface area (Å²) in [5.74, 6) is 0.579. The Balaban J connectivity index is 1.72. The zero-order valence-corrected chi connectivity index (χ0v) is 13.2. The van der Waals surface area contributed by atoms with E-state index in [1.807, 2.05) is 0 Å². The van der Waals surface area contributed by atoms with Gasteiger partial charge < -0.3 is 15.8 Å². The van der Waals surface area contributed by atoms with E-state index >= 15 is 0 Å². The standard InChI is InChI=1S/C13H19BrN4O3/c14-12-7-10(18(19)20)8-17-13(12)16-5-6-21-11-3-1-9(15)2-4-11/h7-9,11H,1-6,15H2,(H,16,17). The highest BCUT2D eigenvalue weighted by Gasteiger charge is 2.18. The van der Waals surface area contributed by atoms with Gasteiger partial charge >= 0.3 is 0 Å². The van der Waals surface area contributed by atoms with E-state index in [-0.39, 0.29) is 5.69 Å². The van der Waals surface area contributed by atoms with Crippen LogP contribution in [0, 0.1) is 10.1 Å². The number of halogens is 1. The van der Waals surface area contributed by atoms with Gasteiger partial charge in [0.2, 0.25) is 0 Å². The summed E-state index contributed by atoms with van der Waals surface area (Å²) in [5.41, 5.74) is 5.81. The summed E-state index contributed by atoms with van der Waals surface area (Å²) in [6.07, 6.45) is 5.60. The highest BCUT2D eigenvalue weighted by atomic mass is 79.9. The van der Waals surface area contributed by atoms with Crippen LogP contribution in [0.3, 0.4) is 0 Å². The molecule has 0 radical (unpaired) electrons. The number of pyridine rings is 1. The number of nitrogens with one attached hydrogen (secondary N) is 1. The summed E-state index contributed by atoms with van der Waals surface area (Å²) < 4.78 is 6.36. The Hall–Kier alpha value is -1.25. The molecule has 116 valence electrons. The molecule has 0 saturated heterocycles. The van der Waals surface area contributed by atoms with Gasteiger partial charge in [-0.15, -0.1) is 0 Å². The van der Waals surface area contributed by atoms with Gasteiger partial charge in [-0.25, -0.2) is 4.98 Å². The predicted molar refractivity (Wildman–Crippen MR) is 83.3 cm³/mol. The minimum atomic E-state index is -0.474. The maximum absolute atomic E-state index is 10.6. The first-order valence-corrected chi connectivity index (χ1v) is 7.76. The molecule has 1 heterocycles. The average molecular weight is 359 g/mol. The second-order valence-corrected chi connectivity index (χ2v) is 5.97. The number of nitrogens with zero attached hydrogens (tertiary/aromatic N) is 2. The molecule has 0 amide bonds. The minimum Gasteiger partial charge on any atom is -0.376 e. The van der Waals surface area contributed by atoms with Crippen LogP contribution in [-0.4, -0.2) is 35.2 Å². The second-order valence-electron chi connectivity index (χ2n) is 5.12. The highest BCUT2D eigenvalue weighted by molar-refractivity contribution is 9.10. The van der Waals surface area contributed by atoms with E-state index in [0.29, 0.717) is 35.6 Å². The fourth-order valence-electron chi connectivity index (χ4n) is 2.31. The van der Waals surface area contributed by atoms with Crippen molar-refractivity contribution in [3.63, 3.8) is 0 Å². The Morgan fingerprint density at radius 1 is 1.48 bits per heavy atom. The lowest BCUT2D eigenvalue weighted by Gasteiger charge is -2.26. The van der Waals surface area contributed by atoms with E-state index < -0.39 is 4.92 Å². The topological polar surface area (TPSA) is 103 Å². The Kier molecular flexibility index (Phi) is 5.89. The summed E-state index contributed by atoms with van der Waals surface area (Å²) in [6, 6.07) is 1.75. The third-order valence-electron chi connectivity index (χ3n) is 3.50. The van der Waals surface area contributed by atoms with Gasteiger partial charge in [-0.05, 0) is 41.6 Å². The number of hydrogen-bond donors (Lipinski definition) is 2. The van der Waals surface area contributed by atoms with Gasteiger partial charge in [-0.2, -0.15) is 0 Å². The SMILES string of the molecule is NC1CCC(OCCNc2ncc([N+](=O)[O-])cc2Br)CC1. The molecule has 1 aliphatic rings. The van der Waals surface area contributed by atoms with E-state index in [4.69, 9.17) is 10.5 Å². The minimum absolute atomic E-state index is 0.0396. The smallest absolute Gasteiger partial charge is 0.288 e. The molecule has 1 fully saturated rings. The molecular formula is C13H19BrN4O3. The highest BCUT2D eigenvalue weighted by Crippen LogP contribution is 2.24. The molecule has 7 nitrogen and oxygen atoms in total. The van der Waals surface area contributed by atoms with Crippen molar-refractivity contribution >= 4 is 27.4 Å². The first kappa shape index (κ1) is 16.1. The molecule has 0 unspecified atom stereocenters. The van der Waals surface area contributed by atoms with Crippen molar-refractivity contribution in [1.29, 1.82) is 0 Å². The predicted octanol–water partition coefficient (Wildman–Crippen LogP) is 2.45. The van der Waals surface area contributed by atoms with E-state index in [1.165, 1.54) is 12.3 Å². The van der Waals surface area contributed by atoms with Gasteiger partial charge in [-0.1, -0.05) is 0 Å². The van der Waals surface area contributed by atoms with E-state index in [1.54, 1.807) is 0 Å². The van der Waals surface area contributed by atoms with Crippen molar-refractivity contribution < 1.29 is 9.66 Å². The largest absolute Gasteiger partial charge is 0.376 e. The Morgan fingerprint density at radius 2 is 2.19 bits per heavy atom. The lowest BCUT2D eigenvalue weighted by Crippen LogP contribution is -2.31. The third kappa shape index (κ3) is 4.90. The van der Waals surface area contributed by atoms with Gasteiger partial charge in [0.15, 0.2) is 0 Å². The lowest BCUT2D eigenvalue weighted by molar-refractivity contribution is -0.385. The summed E-state index contributed by atoms with van der Waals surface area (Å²) >= 11 is 3.27. The Bertz CT molecular complexity index is 492. The van der Waals surface area contributed by atoms with E-state index in [2.05, 4.69) is 26.2 Å². The van der Waals surface area contributed by atoms with Crippen LogP contribution >= 0.6 is 15.9 Å². The number of aromatic nitrogens is 1. The normalized spacial score (nSPS) is 22.0. The van der Waals surface area contributed by atoms with Gasteiger partial charge in [-0.3, -0.25) is 10.1 Å². The fraction of sp³-hybridized carbons (Fsp3) is 0.615.